The van der Waals surface area contributed by atoms with Crippen molar-refractivity contribution in [2.24, 2.45) is 0 Å². The van der Waals surface area contributed by atoms with E-state index in [4.69, 9.17) is 0 Å². The van der Waals surface area contributed by atoms with E-state index < -0.39 is 10.0 Å². The van der Waals surface area contributed by atoms with Crippen molar-refractivity contribution >= 4 is 21.5 Å². The predicted molar refractivity (Wildman–Crippen MR) is 92.9 cm³/mol. The van der Waals surface area contributed by atoms with Gasteiger partial charge in [-0.05, 0) is 31.2 Å². The van der Waals surface area contributed by atoms with E-state index in [9.17, 15) is 8.42 Å². The molecule has 0 unspecified atom stereocenters. The van der Waals surface area contributed by atoms with Crippen LogP contribution >= 0.6 is 0 Å². The number of anilines is 1. The minimum absolute atomic E-state index is 0.336. The molecule has 1 aliphatic heterocycles. The smallest absolute Gasteiger partial charge is 0.243 e. The van der Waals surface area contributed by atoms with Gasteiger partial charge in [-0.1, -0.05) is 18.2 Å². The molecule has 0 spiro atoms. The number of aryl methyl sites for hydroxylation is 1. The molecule has 0 radical (unpaired) electrons. The van der Waals surface area contributed by atoms with Gasteiger partial charge >= 0.3 is 0 Å². The summed E-state index contributed by atoms with van der Waals surface area (Å²) in [6.45, 7) is 3.88. The molecule has 1 saturated heterocycles. The van der Waals surface area contributed by atoms with Gasteiger partial charge in [-0.2, -0.15) is 8.82 Å². The first kappa shape index (κ1) is 16.0. The molecular weight excluding hydrogens is 340 g/mol. The Bertz CT molecular complexity index is 994. The Hall–Kier alpha value is -2.52. The summed E-state index contributed by atoms with van der Waals surface area (Å²) in [6, 6.07) is 12.3. The van der Waals surface area contributed by atoms with E-state index in [1.807, 2.05) is 25.1 Å². The first-order valence-corrected chi connectivity index (χ1v) is 9.49. The Balaban J connectivity index is 1.52. The average molecular weight is 358 g/mol. The monoisotopic (exact) mass is 358 g/mol. The molecule has 25 heavy (non-hydrogen) atoms. The van der Waals surface area contributed by atoms with Gasteiger partial charge in [0.25, 0.3) is 0 Å². The largest absolute Gasteiger partial charge is 0.353 e. The number of hydrogen-bond donors (Lipinski definition) is 0. The molecule has 1 fully saturated rings. The van der Waals surface area contributed by atoms with Crippen molar-refractivity contribution in [3.8, 4) is 0 Å². The molecule has 1 aromatic carbocycles. The lowest BCUT2D eigenvalue weighted by atomic mass is 10.3. The summed E-state index contributed by atoms with van der Waals surface area (Å²) in [5.74, 6) is 1.52. The lowest BCUT2D eigenvalue weighted by Gasteiger charge is -2.34. The molecule has 0 bridgehead atoms. The molecular formula is C16H18N6O2S. The maximum atomic E-state index is 12.7. The molecule has 3 aromatic rings. The van der Waals surface area contributed by atoms with Gasteiger partial charge in [-0.25, -0.2) is 8.42 Å². The quantitative estimate of drug-likeness (QED) is 0.693. The highest BCUT2D eigenvalue weighted by Gasteiger charge is 2.28. The third-order valence-electron chi connectivity index (χ3n) is 4.35. The normalized spacial score (nSPS) is 16.4. The third-order valence-corrected chi connectivity index (χ3v) is 6.26. The Kier molecular flexibility index (Phi) is 3.89. The summed E-state index contributed by atoms with van der Waals surface area (Å²) >= 11 is 0. The van der Waals surface area contributed by atoms with Crippen LogP contribution in [0.25, 0.3) is 5.65 Å². The number of nitrogens with zero attached hydrogens (tertiary/aromatic N) is 6. The van der Waals surface area contributed by atoms with E-state index in [1.54, 1.807) is 28.8 Å². The van der Waals surface area contributed by atoms with E-state index in [0.29, 0.717) is 36.7 Å². The summed E-state index contributed by atoms with van der Waals surface area (Å²) < 4.78 is 28.6. The van der Waals surface area contributed by atoms with Gasteiger partial charge < -0.3 is 4.90 Å². The number of benzene rings is 1. The van der Waals surface area contributed by atoms with E-state index >= 15 is 0 Å². The van der Waals surface area contributed by atoms with Crippen LogP contribution in [0.1, 0.15) is 5.82 Å². The van der Waals surface area contributed by atoms with Crippen LogP contribution in [0, 0.1) is 6.92 Å². The molecule has 2 aromatic heterocycles. The minimum Gasteiger partial charge on any atom is -0.353 e. The van der Waals surface area contributed by atoms with Crippen molar-refractivity contribution < 1.29 is 8.42 Å². The van der Waals surface area contributed by atoms with Crippen LogP contribution in [-0.2, 0) is 10.0 Å². The zero-order valence-corrected chi connectivity index (χ0v) is 14.6. The van der Waals surface area contributed by atoms with E-state index in [0.717, 1.165) is 11.6 Å². The van der Waals surface area contributed by atoms with Crippen molar-refractivity contribution in [2.75, 3.05) is 31.1 Å². The SMILES string of the molecule is Cc1nnc2ccc(N3CCN(S(=O)(=O)c4ccccc4)CC3)nn12. The number of aromatic nitrogens is 4. The van der Waals surface area contributed by atoms with Gasteiger partial charge in [0.1, 0.15) is 5.82 Å². The van der Waals surface area contributed by atoms with Gasteiger partial charge in [0.15, 0.2) is 11.5 Å². The van der Waals surface area contributed by atoms with Crippen molar-refractivity contribution in [1.29, 1.82) is 0 Å². The molecule has 0 saturated carbocycles. The number of hydrogen-bond acceptors (Lipinski definition) is 6. The summed E-state index contributed by atoms with van der Waals surface area (Å²) in [4.78, 5) is 2.42. The van der Waals surface area contributed by atoms with Gasteiger partial charge in [0, 0.05) is 26.2 Å². The molecule has 1 aliphatic rings. The number of piperazine rings is 1. The maximum absolute atomic E-state index is 12.7. The van der Waals surface area contributed by atoms with Crippen LogP contribution in [0.3, 0.4) is 0 Å². The van der Waals surface area contributed by atoms with Crippen LogP contribution in [0.2, 0.25) is 0 Å². The van der Waals surface area contributed by atoms with E-state index in [-0.39, 0.29) is 0 Å². The molecule has 130 valence electrons. The van der Waals surface area contributed by atoms with Crippen molar-refractivity contribution in [1.82, 2.24) is 24.1 Å². The van der Waals surface area contributed by atoms with Crippen molar-refractivity contribution in [3.05, 3.63) is 48.3 Å². The molecule has 0 aliphatic carbocycles. The summed E-state index contributed by atoms with van der Waals surface area (Å²) in [6.07, 6.45) is 0. The average Bonchev–Trinajstić information content (AvgIpc) is 3.03. The first-order valence-electron chi connectivity index (χ1n) is 8.05. The van der Waals surface area contributed by atoms with Crippen LogP contribution in [-0.4, -0.2) is 58.7 Å². The van der Waals surface area contributed by atoms with Crippen LogP contribution in [0.4, 0.5) is 5.82 Å². The highest BCUT2D eigenvalue weighted by atomic mass is 32.2. The van der Waals surface area contributed by atoms with Crippen LogP contribution < -0.4 is 4.90 Å². The van der Waals surface area contributed by atoms with E-state index in [2.05, 4.69) is 20.2 Å². The van der Waals surface area contributed by atoms with Crippen LogP contribution in [0.15, 0.2) is 47.4 Å². The lowest BCUT2D eigenvalue weighted by Crippen LogP contribution is -2.49. The Morgan fingerprint density at radius 1 is 0.920 bits per heavy atom. The molecule has 3 heterocycles. The Labute approximate surface area is 145 Å². The fourth-order valence-corrected chi connectivity index (χ4v) is 4.40. The Morgan fingerprint density at radius 3 is 2.36 bits per heavy atom. The zero-order valence-electron chi connectivity index (χ0n) is 13.8. The number of rotatable bonds is 3. The number of fused-ring (bicyclic) bond motifs is 1. The van der Waals surface area contributed by atoms with Crippen LogP contribution in [0.5, 0.6) is 0 Å². The van der Waals surface area contributed by atoms with Crippen molar-refractivity contribution in [2.45, 2.75) is 11.8 Å². The van der Waals surface area contributed by atoms with E-state index in [1.165, 1.54) is 4.31 Å². The topological polar surface area (TPSA) is 83.7 Å². The molecule has 8 nitrogen and oxygen atoms in total. The standard InChI is InChI=1S/C16H18N6O2S/c1-13-17-18-15-7-8-16(19-22(13)15)20-9-11-21(12-10-20)25(23,24)14-5-3-2-4-6-14/h2-8H,9-12H2,1H3. The Morgan fingerprint density at radius 2 is 1.64 bits per heavy atom. The maximum Gasteiger partial charge on any atom is 0.243 e. The summed E-state index contributed by atoms with van der Waals surface area (Å²) in [5.41, 5.74) is 0.701. The van der Waals surface area contributed by atoms with Gasteiger partial charge in [-0.15, -0.1) is 15.3 Å². The third kappa shape index (κ3) is 2.85. The molecule has 0 atom stereocenters. The van der Waals surface area contributed by atoms with Gasteiger partial charge in [0.2, 0.25) is 10.0 Å². The molecule has 9 heteroatoms. The fourth-order valence-electron chi connectivity index (χ4n) is 2.95. The first-order chi connectivity index (χ1) is 12.1. The molecule has 4 rings (SSSR count). The van der Waals surface area contributed by atoms with Gasteiger partial charge in [0.05, 0.1) is 4.90 Å². The summed E-state index contributed by atoms with van der Waals surface area (Å²) in [7, 11) is -3.44. The highest BCUT2D eigenvalue weighted by molar-refractivity contribution is 7.89. The second-order valence-electron chi connectivity index (χ2n) is 5.91. The van der Waals surface area contributed by atoms with Gasteiger partial charge in [-0.3, -0.25) is 0 Å². The second-order valence-corrected chi connectivity index (χ2v) is 7.85. The zero-order chi connectivity index (χ0) is 17.4. The lowest BCUT2D eigenvalue weighted by molar-refractivity contribution is 0.383. The minimum atomic E-state index is -3.44. The predicted octanol–water partition coefficient (Wildman–Crippen LogP) is 0.944. The fraction of sp³-hybridized carbons (Fsp3) is 0.312. The second kappa shape index (κ2) is 6.08. The highest BCUT2D eigenvalue weighted by Crippen LogP contribution is 2.20. The number of sulfonamides is 1. The molecule has 0 amide bonds. The summed E-state index contributed by atoms with van der Waals surface area (Å²) in [5, 5.41) is 12.6. The molecule has 0 N–H and O–H groups in total. The van der Waals surface area contributed by atoms with Crippen molar-refractivity contribution in [3.63, 3.8) is 0 Å².